The third-order valence-electron chi connectivity index (χ3n) is 2.66. The highest BCUT2D eigenvalue weighted by molar-refractivity contribution is 6.34. The van der Waals surface area contributed by atoms with E-state index in [4.69, 9.17) is 38.3 Å². The predicted octanol–water partition coefficient (Wildman–Crippen LogP) is 4.78. The van der Waals surface area contributed by atoms with Gasteiger partial charge < -0.3 is 9.84 Å². The second-order valence-corrected chi connectivity index (χ2v) is 5.06. The number of carbonyl (C=O) groups is 1. The van der Waals surface area contributed by atoms with Crippen LogP contribution in [0.25, 0.3) is 6.08 Å². The van der Waals surface area contributed by atoms with E-state index in [1.54, 1.807) is 48.5 Å². The number of carboxylic acid groups (broad SMARTS) is 1. The Morgan fingerprint density at radius 3 is 2.45 bits per heavy atom. The van der Waals surface area contributed by atoms with E-state index in [0.29, 0.717) is 27.1 Å². The maximum Gasteiger partial charge on any atom is 0.346 e. The van der Waals surface area contributed by atoms with Gasteiger partial charge in [0.25, 0.3) is 0 Å². The van der Waals surface area contributed by atoms with Gasteiger partial charge in [-0.15, -0.1) is 0 Å². The monoisotopic (exact) mass is 333 g/mol. The van der Waals surface area contributed by atoms with Crippen molar-refractivity contribution in [1.29, 1.82) is 5.26 Å². The minimum atomic E-state index is -1.27. The molecule has 0 radical (unpaired) electrons. The van der Waals surface area contributed by atoms with E-state index in [1.165, 1.54) is 6.08 Å². The zero-order chi connectivity index (χ0) is 16.1. The van der Waals surface area contributed by atoms with Crippen molar-refractivity contribution in [2.75, 3.05) is 0 Å². The predicted molar refractivity (Wildman–Crippen MR) is 84.2 cm³/mol. The first-order valence-electron chi connectivity index (χ1n) is 6.07. The van der Waals surface area contributed by atoms with E-state index in [0.717, 1.165) is 0 Å². The second kappa shape index (κ2) is 6.99. The highest BCUT2D eigenvalue weighted by Crippen LogP contribution is 2.32. The average Bonchev–Trinajstić information content (AvgIpc) is 2.50. The largest absolute Gasteiger partial charge is 0.477 e. The maximum absolute atomic E-state index is 10.8. The van der Waals surface area contributed by atoms with Crippen molar-refractivity contribution in [1.82, 2.24) is 0 Å². The van der Waals surface area contributed by atoms with Crippen molar-refractivity contribution in [2.24, 2.45) is 0 Å². The Hall–Kier alpha value is -2.48. The summed E-state index contributed by atoms with van der Waals surface area (Å²) in [6.07, 6.45) is 1.28. The van der Waals surface area contributed by atoms with Gasteiger partial charge in [0, 0.05) is 11.1 Å². The smallest absolute Gasteiger partial charge is 0.346 e. The summed E-state index contributed by atoms with van der Waals surface area (Å²) in [4.78, 5) is 10.8. The molecule has 22 heavy (non-hydrogen) atoms. The maximum atomic E-state index is 10.8. The molecule has 0 aliphatic heterocycles. The summed E-state index contributed by atoms with van der Waals surface area (Å²) in [7, 11) is 0. The third-order valence-corrected chi connectivity index (χ3v) is 3.21. The number of hydrogen-bond donors (Lipinski definition) is 1. The van der Waals surface area contributed by atoms with Crippen molar-refractivity contribution in [3.8, 4) is 17.6 Å². The van der Waals surface area contributed by atoms with E-state index < -0.39 is 5.97 Å². The fraction of sp³-hybridized carbons (Fsp3) is 0. The Bertz CT molecular complexity index is 777. The standard InChI is InChI=1S/C16H9Cl2NO3/c17-12-3-6-14(18)15(8-12)22-13-4-1-10(2-5-13)7-11(9-19)16(20)21/h1-8H,(H,20,21). The second-order valence-electron chi connectivity index (χ2n) is 4.22. The molecule has 0 aromatic heterocycles. The van der Waals surface area contributed by atoms with Gasteiger partial charge in [-0.3, -0.25) is 0 Å². The molecule has 0 spiro atoms. The van der Waals surface area contributed by atoms with E-state index in [2.05, 4.69) is 0 Å². The van der Waals surface area contributed by atoms with Crippen LogP contribution in [0.4, 0.5) is 0 Å². The lowest BCUT2D eigenvalue weighted by molar-refractivity contribution is -0.132. The lowest BCUT2D eigenvalue weighted by Crippen LogP contribution is -1.97. The van der Waals surface area contributed by atoms with Gasteiger partial charge in [-0.2, -0.15) is 5.26 Å². The molecule has 110 valence electrons. The highest BCUT2D eigenvalue weighted by Gasteiger charge is 2.07. The van der Waals surface area contributed by atoms with E-state index in [9.17, 15) is 4.79 Å². The Morgan fingerprint density at radius 1 is 1.18 bits per heavy atom. The van der Waals surface area contributed by atoms with Crippen molar-refractivity contribution in [3.63, 3.8) is 0 Å². The molecule has 4 nitrogen and oxygen atoms in total. The highest BCUT2D eigenvalue weighted by atomic mass is 35.5. The van der Waals surface area contributed by atoms with Gasteiger partial charge in [0.05, 0.1) is 5.02 Å². The van der Waals surface area contributed by atoms with Gasteiger partial charge in [-0.05, 0) is 35.9 Å². The molecule has 0 bridgehead atoms. The zero-order valence-corrected chi connectivity index (χ0v) is 12.6. The first-order chi connectivity index (χ1) is 10.5. The number of halogens is 2. The minimum Gasteiger partial charge on any atom is -0.477 e. The molecule has 0 amide bonds. The summed E-state index contributed by atoms with van der Waals surface area (Å²) in [5, 5.41) is 18.4. The summed E-state index contributed by atoms with van der Waals surface area (Å²) in [5.41, 5.74) is 0.232. The zero-order valence-electron chi connectivity index (χ0n) is 11.1. The first-order valence-corrected chi connectivity index (χ1v) is 6.83. The minimum absolute atomic E-state index is 0.341. The van der Waals surface area contributed by atoms with Crippen LogP contribution < -0.4 is 4.74 Å². The number of aliphatic carboxylic acids is 1. The number of hydrogen-bond acceptors (Lipinski definition) is 3. The van der Waals surface area contributed by atoms with Crippen molar-refractivity contribution < 1.29 is 14.6 Å². The van der Waals surface area contributed by atoms with Crippen molar-refractivity contribution in [2.45, 2.75) is 0 Å². The van der Waals surface area contributed by atoms with Crippen LogP contribution in [0.15, 0.2) is 48.0 Å². The molecule has 2 aromatic rings. The molecule has 2 aromatic carbocycles. The number of benzene rings is 2. The topological polar surface area (TPSA) is 70.3 Å². The van der Waals surface area contributed by atoms with E-state index in [-0.39, 0.29) is 5.57 Å². The van der Waals surface area contributed by atoms with Gasteiger partial charge >= 0.3 is 5.97 Å². The Balaban J connectivity index is 2.21. The summed E-state index contributed by atoms with van der Waals surface area (Å²) >= 11 is 11.9. The molecule has 0 aliphatic rings. The summed E-state index contributed by atoms with van der Waals surface area (Å²) in [5.74, 6) is -0.343. The number of carboxylic acids is 1. The fourth-order valence-corrected chi connectivity index (χ4v) is 1.94. The molecule has 0 saturated heterocycles. The quantitative estimate of drug-likeness (QED) is 0.645. The van der Waals surface area contributed by atoms with Crippen LogP contribution in [0, 0.1) is 11.3 Å². The van der Waals surface area contributed by atoms with Crippen LogP contribution in [-0.4, -0.2) is 11.1 Å². The molecule has 0 atom stereocenters. The van der Waals surface area contributed by atoms with E-state index >= 15 is 0 Å². The van der Waals surface area contributed by atoms with Crippen LogP contribution in [0.3, 0.4) is 0 Å². The molecule has 0 aliphatic carbocycles. The van der Waals surface area contributed by atoms with Crippen LogP contribution in [0.5, 0.6) is 11.5 Å². The fourth-order valence-electron chi connectivity index (χ4n) is 1.62. The van der Waals surface area contributed by atoms with Crippen LogP contribution in [0.1, 0.15) is 5.56 Å². The normalized spacial score (nSPS) is 10.9. The number of ether oxygens (including phenoxy) is 1. The summed E-state index contributed by atoms with van der Waals surface area (Å²) in [6.45, 7) is 0. The van der Waals surface area contributed by atoms with Gasteiger partial charge in [0.1, 0.15) is 23.1 Å². The summed E-state index contributed by atoms with van der Waals surface area (Å²) < 4.78 is 5.61. The van der Waals surface area contributed by atoms with Gasteiger partial charge in [-0.25, -0.2) is 4.79 Å². The molecular formula is C16H9Cl2NO3. The average molecular weight is 334 g/mol. The van der Waals surface area contributed by atoms with Gasteiger partial charge in [0.2, 0.25) is 0 Å². The van der Waals surface area contributed by atoms with Crippen LogP contribution in [0.2, 0.25) is 10.0 Å². The lowest BCUT2D eigenvalue weighted by atomic mass is 10.1. The molecule has 0 heterocycles. The molecule has 0 saturated carbocycles. The van der Waals surface area contributed by atoms with Crippen molar-refractivity contribution in [3.05, 3.63) is 63.6 Å². The molecule has 0 fully saturated rings. The Labute approximate surface area is 136 Å². The molecule has 2 rings (SSSR count). The summed E-state index contributed by atoms with van der Waals surface area (Å²) in [6, 6.07) is 13.0. The van der Waals surface area contributed by atoms with Crippen LogP contribution in [-0.2, 0) is 4.79 Å². The van der Waals surface area contributed by atoms with Gasteiger partial charge in [0.15, 0.2) is 0 Å². The van der Waals surface area contributed by atoms with E-state index in [1.807, 2.05) is 0 Å². The SMILES string of the molecule is N#CC(=Cc1ccc(Oc2cc(Cl)ccc2Cl)cc1)C(=O)O. The Kier molecular flexibility index (Phi) is 5.05. The van der Waals surface area contributed by atoms with Crippen LogP contribution >= 0.6 is 23.2 Å². The van der Waals surface area contributed by atoms with Crippen molar-refractivity contribution >= 4 is 35.2 Å². The molecule has 0 unspecified atom stereocenters. The third kappa shape index (κ3) is 4.01. The van der Waals surface area contributed by atoms with Gasteiger partial charge in [-0.1, -0.05) is 35.3 Å². The molecule has 6 heteroatoms. The first kappa shape index (κ1) is 15.9. The number of rotatable bonds is 4. The lowest BCUT2D eigenvalue weighted by Gasteiger charge is -2.08. The molecule has 1 N–H and O–H groups in total. The number of nitrogens with zero attached hydrogens (tertiary/aromatic N) is 1. The number of nitriles is 1. The molecular weight excluding hydrogens is 325 g/mol. The Morgan fingerprint density at radius 2 is 1.86 bits per heavy atom.